The minimum atomic E-state index is -1.54. The van der Waals surface area contributed by atoms with E-state index in [0.717, 1.165) is 16.5 Å². The highest BCUT2D eigenvalue weighted by atomic mass is 16.7. The van der Waals surface area contributed by atoms with Gasteiger partial charge in [0.25, 0.3) is 5.56 Å². The molecule has 1 aliphatic heterocycles. The lowest BCUT2D eigenvalue weighted by Crippen LogP contribution is -2.60. The van der Waals surface area contributed by atoms with Crippen LogP contribution in [0.5, 0.6) is 5.75 Å². The van der Waals surface area contributed by atoms with Gasteiger partial charge in [0.05, 0.1) is 6.61 Å². The van der Waals surface area contributed by atoms with E-state index < -0.39 is 37.3 Å². The Morgan fingerprint density at radius 3 is 2.51 bits per heavy atom. The van der Waals surface area contributed by atoms with E-state index in [2.05, 4.69) is 5.32 Å². The highest BCUT2D eigenvalue weighted by molar-refractivity contribution is 5.87. The third-order valence-electron chi connectivity index (χ3n) is 6.36. The molecule has 1 fully saturated rings. The third kappa shape index (κ3) is 5.67. The number of nitrogens with two attached hydrogens (primary N) is 1. The number of benzene rings is 2. The van der Waals surface area contributed by atoms with Crippen LogP contribution < -0.4 is 21.3 Å². The van der Waals surface area contributed by atoms with Gasteiger partial charge >= 0.3 is 0 Å². The first-order valence-electron chi connectivity index (χ1n) is 11.9. The SMILES string of the molecule is Cc1cc(-c2ccc3ccn(CC(=O)NCCN)c(=O)c3c2)ccc1OC1OC(CO)C(O)C(O)C1O. The molecule has 3 aromatic rings. The first-order chi connectivity index (χ1) is 17.7. The summed E-state index contributed by atoms with van der Waals surface area (Å²) in [5.41, 5.74) is 7.38. The van der Waals surface area contributed by atoms with Crippen molar-refractivity contribution in [3.63, 3.8) is 0 Å². The van der Waals surface area contributed by atoms with Crippen LogP contribution in [-0.4, -0.2) is 81.3 Å². The number of aryl methyl sites for hydroxylation is 1. The molecule has 1 saturated heterocycles. The van der Waals surface area contributed by atoms with Crippen LogP contribution in [0.1, 0.15) is 5.56 Å². The van der Waals surface area contributed by atoms with Crippen LogP contribution in [0, 0.1) is 6.92 Å². The Kier molecular flexibility index (Phi) is 8.22. The molecule has 0 radical (unpaired) electrons. The Morgan fingerprint density at radius 2 is 1.81 bits per heavy atom. The van der Waals surface area contributed by atoms with Crippen molar-refractivity contribution in [2.75, 3.05) is 19.7 Å². The first kappa shape index (κ1) is 26.7. The van der Waals surface area contributed by atoms with Gasteiger partial charge in [0, 0.05) is 24.7 Å². The molecule has 11 heteroatoms. The highest BCUT2D eigenvalue weighted by Crippen LogP contribution is 2.30. The zero-order valence-electron chi connectivity index (χ0n) is 20.3. The average Bonchev–Trinajstić information content (AvgIpc) is 2.90. The van der Waals surface area contributed by atoms with E-state index in [4.69, 9.17) is 15.2 Å². The van der Waals surface area contributed by atoms with Gasteiger partial charge in [-0.15, -0.1) is 0 Å². The van der Waals surface area contributed by atoms with Gasteiger partial charge < -0.3 is 45.5 Å². The maximum absolute atomic E-state index is 13.0. The van der Waals surface area contributed by atoms with Crippen LogP contribution in [-0.2, 0) is 16.1 Å². The lowest BCUT2D eigenvalue weighted by atomic mass is 9.99. The fourth-order valence-corrected chi connectivity index (χ4v) is 4.26. The summed E-state index contributed by atoms with van der Waals surface area (Å²) >= 11 is 0. The predicted molar refractivity (Wildman–Crippen MR) is 135 cm³/mol. The molecule has 198 valence electrons. The summed E-state index contributed by atoms with van der Waals surface area (Å²) in [7, 11) is 0. The van der Waals surface area contributed by atoms with E-state index in [-0.39, 0.29) is 18.0 Å². The molecular formula is C26H31N3O8. The number of carbonyl (C=O) groups is 1. The fraction of sp³-hybridized carbons (Fsp3) is 0.385. The van der Waals surface area contributed by atoms with Crippen LogP contribution in [0.25, 0.3) is 21.9 Å². The lowest BCUT2D eigenvalue weighted by Gasteiger charge is -2.39. The van der Waals surface area contributed by atoms with Gasteiger partial charge in [-0.2, -0.15) is 0 Å². The summed E-state index contributed by atoms with van der Waals surface area (Å²) < 4.78 is 12.5. The summed E-state index contributed by atoms with van der Waals surface area (Å²) in [5, 5.41) is 43.4. The van der Waals surface area contributed by atoms with E-state index >= 15 is 0 Å². The number of hydrogen-bond donors (Lipinski definition) is 6. The van der Waals surface area contributed by atoms with Crippen molar-refractivity contribution in [3.05, 3.63) is 64.6 Å². The molecule has 5 unspecified atom stereocenters. The van der Waals surface area contributed by atoms with Crippen LogP contribution in [0.4, 0.5) is 0 Å². The molecule has 37 heavy (non-hydrogen) atoms. The number of nitrogens with one attached hydrogen (secondary N) is 1. The second-order valence-electron chi connectivity index (χ2n) is 8.98. The number of aromatic nitrogens is 1. The van der Waals surface area contributed by atoms with Crippen LogP contribution in [0.15, 0.2) is 53.5 Å². The molecule has 1 aromatic heterocycles. The molecule has 7 N–H and O–H groups in total. The van der Waals surface area contributed by atoms with Gasteiger partial charge in [0.1, 0.15) is 36.7 Å². The Hall–Kier alpha value is -3.32. The highest BCUT2D eigenvalue weighted by Gasteiger charge is 2.44. The zero-order chi connectivity index (χ0) is 26.7. The normalized spacial score (nSPS) is 23.7. The number of rotatable bonds is 8. The lowest BCUT2D eigenvalue weighted by molar-refractivity contribution is -0.277. The maximum atomic E-state index is 13.0. The quantitative estimate of drug-likeness (QED) is 0.226. The van der Waals surface area contributed by atoms with Gasteiger partial charge in [-0.05, 0) is 53.3 Å². The van der Waals surface area contributed by atoms with Crippen molar-refractivity contribution < 1.29 is 34.7 Å². The van der Waals surface area contributed by atoms with E-state index in [1.165, 1.54) is 4.57 Å². The second kappa shape index (κ2) is 11.4. The van der Waals surface area contributed by atoms with E-state index in [9.17, 15) is 30.0 Å². The molecule has 1 amide bonds. The van der Waals surface area contributed by atoms with Crippen LogP contribution in [0.3, 0.4) is 0 Å². The molecule has 1 aliphatic rings. The van der Waals surface area contributed by atoms with Crippen molar-refractivity contribution in [3.8, 4) is 16.9 Å². The summed E-state index contributed by atoms with van der Waals surface area (Å²) in [4.78, 5) is 25.1. The molecule has 5 atom stereocenters. The van der Waals surface area contributed by atoms with Gasteiger partial charge in [-0.3, -0.25) is 9.59 Å². The number of aliphatic hydroxyl groups is 4. The molecule has 0 aliphatic carbocycles. The third-order valence-corrected chi connectivity index (χ3v) is 6.36. The van der Waals surface area contributed by atoms with Crippen molar-refractivity contribution in [2.24, 2.45) is 5.73 Å². The van der Waals surface area contributed by atoms with E-state index in [1.807, 2.05) is 18.2 Å². The number of aliphatic hydroxyl groups excluding tert-OH is 4. The van der Waals surface area contributed by atoms with Gasteiger partial charge in [-0.1, -0.05) is 18.2 Å². The Morgan fingerprint density at radius 1 is 1.08 bits per heavy atom. The van der Waals surface area contributed by atoms with Crippen molar-refractivity contribution >= 4 is 16.7 Å². The van der Waals surface area contributed by atoms with Crippen molar-refractivity contribution in [2.45, 2.75) is 44.2 Å². The number of fused-ring (bicyclic) bond motifs is 1. The van der Waals surface area contributed by atoms with Crippen molar-refractivity contribution in [1.82, 2.24) is 9.88 Å². The number of ether oxygens (including phenoxy) is 2. The first-order valence-corrected chi connectivity index (χ1v) is 11.9. The summed E-state index contributed by atoms with van der Waals surface area (Å²) in [6.45, 7) is 1.78. The molecular weight excluding hydrogens is 482 g/mol. The smallest absolute Gasteiger partial charge is 0.258 e. The summed E-state index contributed by atoms with van der Waals surface area (Å²) in [6.07, 6.45) is -5.30. The average molecular weight is 514 g/mol. The predicted octanol–water partition coefficient (Wildman–Crippen LogP) is -0.769. The largest absolute Gasteiger partial charge is 0.462 e. The fourth-order valence-electron chi connectivity index (χ4n) is 4.26. The van der Waals surface area contributed by atoms with E-state index in [1.54, 1.807) is 37.4 Å². The Labute approximate surface area is 212 Å². The number of nitrogens with zero attached hydrogens (tertiary/aromatic N) is 1. The van der Waals surface area contributed by atoms with Crippen LogP contribution >= 0.6 is 0 Å². The molecule has 0 saturated carbocycles. The number of hydrogen-bond acceptors (Lipinski definition) is 9. The maximum Gasteiger partial charge on any atom is 0.258 e. The topological polar surface area (TPSA) is 176 Å². The van der Waals surface area contributed by atoms with Crippen molar-refractivity contribution in [1.29, 1.82) is 0 Å². The van der Waals surface area contributed by atoms with Gasteiger partial charge in [-0.25, -0.2) is 0 Å². The minimum absolute atomic E-state index is 0.109. The number of amides is 1. The number of carbonyl (C=O) groups excluding carboxylic acids is 1. The zero-order valence-corrected chi connectivity index (χ0v) is 20.3. The molecule has 11 nitrogen and oxygen atoms in total. The Bertz CT molecular complexity index is 1320. The monoisotopic (exact) mass is 513 g/mol. The molecule has 2 heterocycles. The number of pyridine rings is 1. The standard InChI is InChI=1S/C26H31N3O8/c1-14-10-16(4-5-19(14)36-26-24(34)23(33)22(32)20(13-30)37-26)17-3-2-15-6-9-29(25(35)18(15)11-17)12-21(31)28-8-7-27/h2-6,9-11,20,22-24,26,30,32-34H,7-8,12-13,27H2,1H3,(H,28,31). The minimum Gasteiger partial charge on any atom is -0.462 e. The molecule has 0 spiro atoms. The van der Waals surface area contributed by atoms with Gasteiger partial charge in [0.15, 0.2) is 0 Å². The molecule has 2 aromatic carbocycles. The Balaban J connectivity index is 1.57. The van der Waals surface area contributed by atoms with Crippen LogP contribution in [0.2, 0.25) is 0 Å². The molecule has 4 rings (SSSR count). The molecule has 0 bridgehead atoms. The van der Waals surface area contributed by atoms with E-state index in [0.29, 0.717) is 29.8 Å². The van der Waals surface area contributed by atoms with Gasteiger partial charge in [0.2, 0.25) is 12.2 Å². The summed E-state index contributed by atoms with van der Waals surface area (Å²) in [6, 6.07) is 12.5. The summed E-state index contributed by atoms with van der Waals surface area (Å²) in [5.74, 6) is 0.0772. The second-order valence-corrected chi connectivity index (χ2v) is 8.98.